The second kappa shape index (κ2) is 17.3. The molecule has 3 aliphatic rings. The normalized spacial score (nSPS) is 18.1. The molecule has 2 saturated heterocycles. The largest absolute Gasteiger partial charge is 0.483 e. The SMILES string of the molecule is CCNC(=O)CCC(NC(=O)c1cc(OCC(=O)N2CCCC2C(=O)NC2CCC2)c2ccc(C)cc2n1)C(=O)N1CCN(C(=O)OCC)CC1. The summed E-state index contributed by atoms with van der Waals surface area (Å²) in [7, 11) is 0. The van der Waals surface area contributed by atoms with E-state index in [4.69, 9.17) is 9.47 Å². The molecule has 1 aromatic heterocycles. The third-order valence-electron chi connectivity index (χ3n) is 9.59. The van der Waals surface area contributed by atoms with Crippen LogP contribution in [-0.4, -0.2) is 126 Å². The van der Waals surface area contributed by atoms with Gasteiger partial charge in [0.25, 0.3) is 11.8 Å². The van der Waals surface area contributed by atoms with Crippen molar-refractivity contribution in [1.29, 1.82) is 0 Å². The minimum atomic E-state index is -1.05. The van der Waals surface area contributed by atoms with Gasteiger partial charge in [0.05, 0.1) is 12.1 Å². The summed E-state index contributed by atoms with van der Waals surface area (Å²) in [6.07, 6.45) is 3.92. The molecule has 51 heavy (non-hydrogen) atoms. The molecule has 3 fully saturated rings. The predicted molar refractivity (Wildman–Crippen MR) is 187 cm³/mol. The summed E-state index contributed by atoms with van der Waals surface area (Å²) in [5.41, 5.74) is 1.32. The van der Waals surface area contributed by atoms with E-state index in [1.54, 1.807) is 35.8 Å². The Morgan fingerprint density at radius 1 is 0.941 bits per heavy atom. The van der Waals surface area contributed by atoms with Crippen molar-refractivity contribution in [3.63, 3.8) is 0 Å². The Hall–Kier alpha value is -4.95. The third-order valence-corrected chi connectivity index (χ3v) is 9.59. The fraction of sp³-hybridized carbons (Fsp3) is 0.583. The van der Waals surface area contributed by atoms with Crippen LogP contribution >= 0.6 is 0 Å². The second-order valence-electron chi connectivity index (χ2n) is 13.2. The summed E-state index contributed by atoms with van der Waals surface area (Å²) < 4.78 is 11.1. The Kier molecular flexibility index (Phi) is 12.7. The number of rotatable bonds is 13. The monoisotopic (exact) mass is 707 g/mol. The number of piperazine rings is 1. The molecule has 1 aromatic carbocycles. The number of aromatic nitrogens is 1. The Labute approximate surface area is 297 Å². The molecule has 3 N–H and O–H groups in total. The van der Waals surface area contributed by atoms with Crippen molar-refractivity contribution in [2.45, 2.75) is 83.8 Å². The van der Waals surface area contributed by atoms with Crippen molar-refractivity contribution >= 4 is 46.5 Å². The van der Waals surface area contributed by atoms with Crippen LogP contribution in [0.25, 0.3) is 10.9 Å². The average Bonchev–Trinajstić information content (AvgIpc) is 3.60. The molecule has 15 heteroatoms. The maximum absolute atomic E-state index is 13.8. The summed E-state index contributed by atoms with van der Waals surface area (Å²) in [6, 6.07) is 5.50. The first-order valence-electron chi connectivity index (χ1n) is 18.0. The van der Waals surface area contributed by atoms with Gasteiger partial charge in [-0.25, -0.2) is 9.78 Å². The number of carbonyl (C=O) groups is 6. The molecule has 5 rings (SSSR count). The van der Waals surface area contributed by atoms with Gasteiger partial charge < -0.3 is 40.1 Å². The highest BCUT2D eigenvalue weighted by Crippen LogP contribution is 2.28. The van der Waals surface area contributed by atoms with Crippen LogP contribution < -0.4 is 20.7 Å². The molecule has 2 aromatic rings. The number of nitrogens with one attached hydrogen (secondary N) is 3. The van der Waals surface area contributed by atoms with E-state index in [0.717, 1.165) is 31.2 Å². The number of amides is 6. The number of likely N-dealkylation sites (tertiary alicyclic amines) is 1. The third kappa shape index (κ3) is 9.44. The number of hydrogen-bond acceptors (Lipinski definition) is 9. The highest BCUT2D eigenvalue weighted by molar-refractivity contribution is 5.99. The van der Waals surface area contributed by atoms with Crippen LogP contribution in [0.1, 0.15) is 74.8 Å². The van der Waals surface area contributed by atoms with Gasteiger partial charge in [-0.2, -0.15) is 0 Å². The van der Waals surface area contributed by atoms with E-state index in [2.05, 4.69) is 20.9 Å². The molecular weight excluding hydrogens is 658 g/mol. The van der Waals surface area contributed by atoms with E-state index in [0.29, 0.717) is 30.4 Å². The van der Waals surface area contributed by atoms with Crippen molar-refractivity contribution in [3.05, 3.63) is 35.5 Å². The zero-order valence-corrected chi connectivity index (χ0v) is 29.7. The quantitative estimate of drug-likeness (QED) is 0.280. The van der Waals surface area contributed by atoms with Crippen LogP contribution in [0.5, 0.6) is 5.75 Å². The molecule has 0 bridgehead atoms. The fourth-order valence-electron chi connectivity index (χ4n) is 6.55. The number of benzene rings is 1. The van der Waals surface area contributed by atoms with E-state index >= 15 is 0 Å². The summed E-state index contributed by atoms with van der Waals surface area (Å²) in [5.74, 6) is -1.49. The average molecular weight is 708 g/mol. The van der Waals surface area contributed by atoms with Crippen LogP contribution in [-0.2, 0) is 23.9 Å². The lowest BCUT2D eigenvalue weighted by Gasteiger charge is -2.36. The zero-order valence-electron chi connectivity index (χ0n) is 29.7. The lowest BCUT2D eigenvalue weighted by atomic mass is 9.93. The van der Waals surface area contributed by atoms with Gasteiger partial charge in [0.1, 0.15) is 23.5 Å². The van der Waals surface area contributed by atoms with Gasteiger partial charge >= 0.3 is 6.09 Å². The molecule has 0 radical (unpaired) electrons. The van der Waals surface area contributed by atoms with Crippen LogP contribution in [0, 0.1) is 6.92 Å². The Balaban J connectivity index is 1.30. The van der Waals surface area contributed by atoms with Crippen molar-refractivity contribution in [3.8, 4) is 5.75 Å². The van der Waals surface area contributed by atoms with Crippen molar-refractivity contribution in [2.75, 3.05) is 52.5 Å². The smallest absolute Gasteiger partial charge is 0.409 e. The van der Waals surface area contributed by atoms with E-state index in [1.807, 2.05) is 13.0 Å². The van der Waals surface area contributed by atoms with Gasteiger partial charge in [-0.15, -0.1) is 0 Å². The maximum atomic E-state index is 13.8. The number of hydrogen-bond donors (Lipinski definition) is 3. The van der Waals surface area contributed by atoms with E-state index in [9.17, 15) is 28.8 Å². The molecule has 1 saturated carbocycles. The maximum Gasteiger partial charge on any atom is 0.409 e. The second-order valence-corrected chi connectivity index (χ2v) is 13.2. The van der Waals surface area contributed by atoms with Crippen molar-refractivity contribution in [1.82, 2.24) is 35.6 Å². The van der Waals surface area contributed by atoms with Crippen LogP contribution in [0.4, 0.5) is 4.79 Å². The lowest BCUT2D eigenvalue weighted by Crippen LogP contribution is -2.56. The number of pyridine rings is 1. The standard InChI is InChI=1S/C36H49N7O8/c1-4-37-31(44)14-13-26(35(48)41-16-18-42(19-17-41)36(49)50-5-2)40-33(46)28-21-30(25-12-11-23(3)20-27(25)39-28)51-22-32(45)43-15-7-10-29(43)34(47)38-24-8-6-9-24/h11-12,20-21,24,26,29H,4-10,13-19,22H2,1-3H3,(H,37,44)(H,38,47)(H,40,46). The first-order chi connectivity index (χ1) is 24.6. The summed E-state index contributed by atoms with van der Waals surface area (Å²) in [5, 5.41) is 9.14. The topological polar surface area (TPSA) is 180 Å². The van der Waals surface area contributed by atoms with Crippen LogP contribution in [0.3, 0.4) is 0 Å². The molecule has 2 aliphatic heterocycles. The molecule has 2 unspecified atom stereocenters. The summed E-state index contributed by atoms with van der Waals surface area (Å²) in [4.78, 5) is 87.6. The molecule has 0 spiro atoms. The van der Waals surface area contributed by atoms with Gasteiger partial charge in [0.2, 0.25) is 17.7 Å². The summed E-state index contributed by atoms with van der Waals surface area (Å²) >= 11 is 0. The molecule has 15 nitrogen and oxygen atoms in total. The van der Waals surface area contributed by atoms with Gasteiger partial charge in [-0.3, -0.25) is 24.0 Å². The van der Waals surface area contributed by atoms with Gasteiger partial charge in [0.15, 0.2) is 6.61 Å². The van der Waals surface area contributed by atoms with E-state index in [1.165, 1.54) is 11.0 Å². The Morgan fingerprint density at radius 2 is 1.69 bits per heavy atom. The Morgan fingerprint density at radius 3 is 2.37 bits per heavy atom. The summed E-state index contributed by atoms with van der Waals surface area (Å²) in [6.45, 7) is 7.22. The first-order valence-corrected chi connectivity index (χ1v) is 18.0. The number of nitrogens with zero attached hydrogens (tertiary/aromatic N) is 4. The van der Waals surface area contributed by atoms with Crippen LogP contribution in [0.15, 0.2) is 24.3 Å². The van der Waals surface area contributed by atoms with Gasteiger partial charge in [0, 0.05) is 63.2 Å². The number of fused-ring (bicyclic) bond motifs is 1. The number of ether oxygens (including phenoxy) is 2. The van der Waals surface area contributed by atoms with E-state index < -0.39 is 24.1 Å². The highest BCUT2D eigenvalue weighted by Gasteiger charge is 2.36. The van der Waals surface area contributed by atoms with Crippen molar-refractivity contribution in [2.24, 2.45) is 0 Å². The van der Waals surface area contributed by atoms with Crippen molar-refractivity contribution < 1.29 is 38.2 Å². The zero-order chi connectivity index (χ0) is 36.5. The van der Waals surface area contributed by atoms with Gasteiger partial charge in [-0.1, -0.05) is 6.07 Å². The molecular formula is C36H49N7O8. The van der Waals surface area contributed by atoms with Crippen LogP contribution in [0.2, 0.25) is 0 Å². The minimum absolute atomic E-state index is 0.00427. The fourth-order valence-corrected chi connectivity index (χ4v) is 6.55. The van der Waals surface area contributed by atoms with Gasteiger partial charge in [-0.05, 0) is 77.0 Å². The molecule has 1 aliphatic carbocycles. The minimum Gasteiger partial charge on any atom is -0.483 e. The number of carbonyl (C=O) groups excluding carboxylic acids is 6. The highest BCUT2D eigenvalue weighted by atomic mass is 16.6. The first kappa shape index (κ1) is 37.3. The Bertz CT molecular complexity index is 1620. The molecule has 276 valence electrons. The molecule has 3 heterocycles. The molecule has 2 atom stereocenters. The molecule has 6 amide bonds. The predicted octanol–water partition coefficient (Wildman–Crippen LogP) is 1.90. The lowest BCUT2D eigenvalue weighted by molar-refractivity contribution is -0.140. The number of aryl methyl sites for hydroxylation is 1. The van der Waals surface area contributed by atoms with E-state index in [-0.39, 0.29) is 93.3 Å².